The van der Waals surface area contributed by atoms with Gasteiger partial charge in [-0.1, -0.05) is 0 Å². The maximum atomic E-state index is 10.6. The normalized spacial score (nSPS) is 12.6. The average molecular weight is 245 g/mol. The molecule has 0 amide bonds. The number of methoxy groups -OCH3 is 1. The lowest BCUT2D eigenvalue weighted by atomic mass is 10.3. The van der Waals surface area contributed by atoms with Crippen molar-refractivity contribution in [2.45, 2.75) is 12.6 Å². The summed E-state index contributed by atoms with van der Waals surface area (Å²) in [7, 11) is 1.53. The van der Waals surface area contributed by atoms with Crippen LogP contribution in [0.25, 0.3) is 0 Å². The predicted molar refractivity (Wildman–Crippen MR) is 60.9 cm³/mol. The Morgan fingerprint density at radius 2 is 2.38 bits per heavy atom. The molecular weight excluding hydrogens is 230 g/mol. The monoisotopic (exact) mass is 245 g/mol. The van der Waals surface area contributed by atoms with Gasteiger partial charge in [0.25, 0.3) is 0 Å². The number of aliphatic hydroxyl groups is 1. The van der Waals surface area contributed by atoms with Crippen molar-refractivity contribution in [2.75, 3.05) is 20.3 Å². The number of ether oxygens (including phenoxy) is 1. The van der Waals surface area contributed by atoms with Crippen molar-refractivity contribution < 1.29 is 19.7 Å². The molecule has 0 saturated heterocycles. The summed E-state index contributed by atoms with van der Waals surface area (Å²) in [6.45, 7) is 1.27. The highest BCUT2D eigenvalue weighted by atomic mass is 32.1. The summed E-state index contributed by atoms with van der Waals surface area (Å²) < 4.78 is 4.78. The second-order valence-corrected chi connectivity index (χ2v) is 4.48. The van der Waals surface area contributed by atoms with Gasteiger partial charge in [0.15, 0.2) is 0 Å². The molecule has 0 radical (unpaired) electrons. The van der Waals surface area contributed by atoms with Gasteiger partial charge in [-0.3, -0.25) is 0 Å². The zero-order valence-electron chi connectivity index (χ0n) is 8.97. The summed E-state index contributed by atoms with van der Waals surface area (Å²) in [5.41, 5.74) is 0. The Balaban J connectivity index is 2.29. The number of hydrogen-bond donors (Lipinski definition) is 3. The van der Waals surface area contributed by atoms with Gasteiger partial charge in [0.2, 0.25) is 0 Å². The van der Waals surface area contributed by atoms with E-state index in [0.29, 0.717) is 18.0 Å². The largest absolute Gasteiger partial charge is 0.477 e. The van der Waals surface area contributed by atoms with Gasteiger partial charge >= 0.3 is 5.97 Å². The number of carbonyl (C=O) groups is 1. The molecule has 1 aromatic rings. The molecule has 90 valence electrons. The van der Waals surface area contributed by atoms with Crippen LogP contribution in [-0.2, 0) is 11.3 Å². The van der Waals surface area contributed by atoms with Gasteiger partial charge in [-0.05, 0) is 12.1 Å². The predicted octanol–water partition coefficient (Wildman–Crippen LogP) is 0.543. The fourth-order valence-electron chi connectivity index (χ4n) is 1.20. The first-order valence-corrected chi connectivity index (χ1v) is 5.65. The first-order valence-electron chi connectivity index (χ1n) is 4.83. The van der Waals surface area contributed by atoms with Gasteiger partial charge in [-0.15, -0.1) is 11.3 Å². The van der Waals surface area contributed by atoms with Crippen molar-refractivity contribution in [3.05, 3.63) is 21.9 Å². The Kier molecular flexibility index (Phi) is 5.41. The van der Waals surface area contributed by atoms with E-state index < -0.39 is 12.1 Å². The van der Waals surface area contributed by atoms with Crippen LogP contribution in [0.4, 0.5) is 0 Å². The molecule has 1 heterocycles. The maximum absolute atomic E-state index is 10.6. The lowest BCUT2D eigenvalue weighted by Crippen LogP contribution is -2.29. The third-order valence-electron chi connectivity index (χ3n) is 1.91. The van der Waals surface area contributed by atoms with Gasteiger partial charge in [0.1, 0.15) is 4.88 Å². The number of nitrogens with one attached hydrogen (secondary N) is 1. The van der Waals surface area contributed by atoms with Crippen LogP contribution in [-0.4, -0.2) is 42.5 Å². The molecule has 16 heavy (non-hydrogen) atoms. The van der Waals surface area contributed by atoms with E-state index in [2.05, 4.69) is 5.32 Å². The lowest BCUT2D eigenvalue weighted by Gasteiger charge is -2.09. The van der Waals surface area contributed by atoms with Crippen molar-refractivity contribution in [2.24, 2.45) is 0 Å². The Labute approximate surface area is 97.7 Å². The molecule has 0 aliphatic carbocycles. The molecule has 1 atom stereocenters. The molecule has 0 aromatic carbocycles. The van der Waals surface area contributed by atoms with Crippen LogP contribution >= 0.6 is 11.3 Å². The summed E-state index contributed by atoms with van der Waals surface area (Å²) in [6.07, 6.45) is -0.538. The van der Waals surface area contributed by atoms with E-state index in [4.69, 9.17) is 9.84 Å². The third-order valence-corrected chi connectivity index (χ3v) is 2.98. The van der Waals surface area contributed by atoms with E-state index in [0.717, 1.165) is 4.88 Å². The molecule has 5 nitrogen and oxygen atoms in total. The molecule has 0 aliphatic rings. The Morgan fingerprint density at radius 1 is 1.62 bits per heavy atom. The molecule has 6 heteroatoms. The quantitative estimate of drug-likeness (QED) is 0.653. The first kappa shape index (κ1) is 13.1. The van der Waals surface area contributed by atoms with Crippen molar-refractivity contribution in [3.8, 4) is 0 Å². The van der Waals surface area contributed by atoms with Crippen molar-refractivity contribution in [3.63, 3.8) is 0 Å². The number of hydrogen-bond acceptors (Lipinski definition) is 5. The maximum Gasteiger partial charge on any atom is 0.345 e. The van der Waals surface area contributed by atoms with Crippen LogP contribution in [0.2, 0.25) is 0 Å². The summed E-state index contributed by atoms with van der Waals surface area (Å²) in [6, 6.07) is 3.35. The topological polar surface area (TPSA) is 78.8 Å². The summed E-state index contributed by atoms with van der Waals surface area (Å²) >= 11 is 1.23. The number of aliphatic hydroxyl groups excluding tert-OH is 1. The zero-order valence-corrected chi connectivity index (χ0v) is 9.79. The number of carboxylic acid groups (broad SMARTS) is 1. The van der Waals surface area contributed by atoms with Crippen LogP contribution < -0.4 is 5.32 Å². The molecule has 0 saturated carbocycles. The minimum Gasteiger partial charge on any atom is -0.477 e. The lowest BCUT2D eigenvalue weighted by molar-refractivity contribution is 0.0644. The van der Waals surface area contributed by atoms with Gasteiger partial charge in [0.05, 0.1) is 12.7 Å². The molecule has 3 N–H and O–H groups in total. The summed E-state index contributed by atoms with van der Waals surface area (Å²) in [5, 5.41) is 21.1. The van der Waals surface area contributed by atoms with Crippen LogP contribution in [0, 0.1) is 0 Å². The SMILES string of the molecule is COCC(O)CNCc1ccc(C(=O)O)s1. The Morgan fingerprint density at radius 3 is 2.94 bits per heavy atom. The highest BCUT2D eigenvalue weighted by Crippen LogP contribution is 2.15. The number of thiophene rings is 1. The van der Waals surface area contributed by atoms with Crippen molar-refractivity contribution in [1.29, 1.82) is 0 Å². The Bertz CT molecular complexity index is 339. The second kappa shape index (κ2) is 6.59. The van der Waals surface area contributed by atoms with Gasteiger partial charge < -0.3 is 20.3 Å². The molecule has 1 unspecified atom stereocenters. The first-order chi connectivity index (χ1) is 7.63. The molecule has 1 rings (SSSR count). The number of carboxylic acids is 1. The molecule has 0 bridgehead atoms. The van der Waals surface area contributed by atoms with Gasteiger partial charge in [0, 0.05) is 25.1 Å². The summed E-state index contributed by atoms with van der Waals surface area (Å²) in [4.78, 5) is 11.9. The van der Waals surface area contributed by atoms with E-state index in [1.54, 1.807) is 12.1 Å². The molecule has 0 fully saturated rings. The molecular formula is C10H15NO4S. The highest BCUT2D eigenvalue weighted by molar-refractivity contribution is 7.13. The second-order valence-electron chi connectivity index (χ2n) is 3.31. The number of rotatable bonds is 7. The van der Waals surface area contributed by atoms with Gasteiger partial charge in [-0.25, -0.2) is 4.79 Å². The van der Waals surface area contributed by atoms with Crippen LogP contribution in [0.5, 0.6) is 0 Å². The molecule has 0 aliphatic heterocycles. The Hall–Kier alpha value is -0.950. The van der Waals surface area contributed by atoms with Gasteiger partial charge in [-0.2, -0.15) is 0 Å². The van der Waals surface area contributed by atoms with E-state index in [-0.39, 0.29) is 6.61 Å². The minimum atomic E-state index is -0.907. The fraction of sp³-hybridized carbons (Fsp3) is 0.500. The molecule has 1 aromatic heterocycles. The smallest absolute Gasteiger partial charge is 0.345 e. The van der Waals surface area contributed by atoms with E-state index in [9.17, 15) is 9.90 Å². The highest BCUT2D eigenvalue weighted by Gasteiger charge is 2.07. The fourth-order valence-corrected chi connectivity index (χ4v) is 2.02. The third kappa shape index (κ3) is 4.28. The van der Waals surface area contributed by atoms with E-state index in [1.165, 1.54) is 18.4 Å². The van der Waals surface area contributed by atoms with Crippen molar-refractivity contribution >= 4 is 17.3 Å². The zero-order chi connectivity index (χ0) is 12.0. The van der Waals surface area contributed by atoms with E-state index >= 15 is 0 Å². The summed E-state index contributed by atoms with van der Waals surface area (Å²) in [5.74, 6) is -0.907. The molecule has 0 spiro atoms. The minimum absolute atomic E-state index is 0.290. The van der Waals surface area contributed by atoms with Crippen LogP contribution in [0.15, 0.2) is 12.1 Å². The van der Waals surface area contributed by atoms with Crippen LogP contribution in [0.3, 0.4) is 0 Å². The van der Waals surface area contributed by atoms with E-state index in [1.807, 2.05) is 0 Å². The van der Waals surface area contributed by atoms with Crippen LogP contribution in [0.1, 0.15) is 14.5 Å². The average Bonchev–Trinajstić information content (AvgIpc) is 2.67. The standard InChI is InChI=1S/C10H15NO4S/c1-15-6-7(12)4-11-5-8-2-3-9(16-8)10(13)14/h2-3,7,11-12H,4-6H2,1H3,(H,13,14). The number of aromatic carboxylic acids is 1. The van der Waals surface area contributed by atoms with Crippen molar-refractivity contribution in [1.82, 2.24) is 5.32 Å².